The third kappa shape index (κ3) is 5.01. The molecule has 0 bridgehead atoms. The zero-order chi connectivity index (χ0) is 13.5. The van der Waals surface area contributed by atoms with E-state index in [4.69, 9.17) is 0 Å². The van der Waals surface area contributed by atoms with Crippen LogP contribution in [-0.4, -0.2) is 23.0 Å². The standard InChI is InChI=1S/C12H21N3O2S/c1-4-5-8(2)14-11(16)9(3)13-6-10-7-18-12(17)15-10/h7-9,13H,4-6H2,1-3H3,(H,14,16)(H,15,17). The van der Waals surface area contributed by atoms with Crippen LogP contribution < -0.4 is 15.5 Å². The Morgan fingerprint density at radius 2 is 2.22 bits per heavy atom. The van der Waals surface area contributed by atoms with Crippen molar-refractivity contribution in [3.8, 4) is 0 Å². The van der Waals surface area contributed by atoms with Crippen LogP contribution in [0.25, 0.3) is 0 Å². The molecule has 2 unspecified atom stereocenters. The first-order valence-corrected chi connectivity index (χ1v) is 7.11. The van der Waals surface area contributed by atoms with E-state index in [-0.39, 0.29) is 22.9 Å². The number of hydrogen-bond donors (Lipinski definition) is 3. The maximum absolute atomic E-state index is 11.8. The van der Waals surface area contributed by atoms with Gasteiger partial charge >= 0.3 is 4.87 Å². The summed E-state index contributed by atoms with van der Waals surface area (Å²) in [5.74, 6) is -0.00599. The van der Waals surface area contributed by atoms with Gasteiger partial charge in [0.15, 0.2) is 0 Å². The van der Waals surface area contributed by atoms with Crippen LogP contribution in [0, 0.1) is 0 Å². The minimum Gasteiger partial charge on any atom is -0.352 e. The normalized spacial score (nSPS) is 14.2. The zero-order valence-corrected chi connectivity index (χ0v) is 11.9. The molecule has 1 aromatic heterocycles. The van der Waals surface area contributed by atoms with Crippen LogP contribution in [0.15, 0.2) is 10.2 Å². The van der Waals surface area contributed by atoms with Crippen LogP contribution in [0.2, 0.25) is 0 Å². The number of aromatic amines is 1. The van der Waals surface area contributed by atoms with Gasteiger partial charge in [-0.15, -0.1) is 0 Å². The highest BCUT2D eigenvalue weighted by molar-refractivity contribution is 7.07. The number of carbonyl (C=O) groups is 1. The van der Waals surface area contributed by atoms with Gasteiger partial charge in [-0.05, 0) is 20.3 Å². The van der Waals surface area contributed by atoms with Crippen LogP contribution in [0.4, 0.5) is 0 Å². The molecule has 0 spiro atoms. The molecule has 0 fully saturated rings. The Kier molecular flexibility index (Phi) is 6.07. The van der Waals surface area contributed by atoms with Gasteiger partial charge in [0.2, 0.25) is 5.91 Å². The van der Waals surface area contributed by atoms with E-state index in [1.54, 1.807) is 5.38 Å². The lowest BCUT2D eigenvalue weighted by Gasteiger charge is -2.17. The molecule has 1 amide bonds. The molecule has 0 aromatic carbocycles. The summed E-state index contributed by atoms with van der Waals surface area (Å²) in [6.07, 6.45) is 2.04. The van der Waals surface area contributed by atoms with Crippen molar-refractivity contribution >= 4 is 17.2 Å². The van der Waals surface area contributed by atoms with Gasteiger partial charge in [0.25, 0.3) is 0 Å². The Balaban J connectivity index is 2.33. The summed E-state index contributed by atoms with van der Waals surface area (Å²) in [6.45, 7) is 6.41. The van der Waals surface area contributed by atoms with Crippen LogP contribution in [-0.2, 0) is 11.3 Å². The molecular weight excluding hydrogens is 250 g/mol. The van der Waals surface area contributed by atoms with E-state index in [0.29, 0.717) is 6.54 Å². The largest absolute Gasteiger partial charge is 0.352 e. The van der Waals surface area contributed by atoms with E-state index in [1.165, 1.54) is 0 Å². The molecule has 0 aliphatic rings. The maximum Gasteiger partial charge on any atom is 0.304 e. The fraction of sp³-hybridized carbons (Fsp3) is 0.667. The van der Waals surface area contributed by atoms with Gasteiger partial charge in [0, 0.05) is 23.7 Å². The van der Waals surface area contributed by atoms with Crippen LogP contribution in [0.3, 0.4) is 0 Å². The van der Waals surface area contributed by atoms with E-state index in [0.717, 1.165) is 29.9 Å². The molecule has 1 rings (SSSR count). The number of aromatic nitrogens is 1. The van der Waals surface area contributed by atoms with E-state index >= 15 is 0 Å². The van der Waals surface area contributed by atoms with Crippen LogP contribution in [0.1, 0.15) is 39.3 Å². The first kappa shape index (κ1) is 14.9. The average Bonchev–Trinajstić information content (AvgIpc) is 2.72. The molecule has 0 radical (unpaired) electrons. The molecule has 3 N–H and O–H groups in total. The summed E-state index contributed by atoms with van der Waals surface area (Å²) >= 11 is 1.13. The molecule has 0 aliphatic carbocycles. The van der Waals surface area contributed by atoms with E-state index in [9.17, 15) is 9.59 Å². The fourth-order valence-electron chi connectivity index (χ4n) is 1.63. The fourth-order valence-corrected chi connectivity index (χ4v) is 2.21. The van der Waals surface area contributed by atoms with E-state index in [1.807, 2.05) is 13.8 Å². The molecule has 1 heterocycles. The predicted molar refractivity (Wildman–Crippen MR) is 73.8 cm³/mol. The highest BCUT2D eigenvalue weighted by atomic mass is 32.1. The molecule has 0 saturated carbocycles. The van der Waals surface area contributed by atoms with Crippen molar-refractivity contribution in [2.75, 3.05) is 0 Å². The van der Waals surface area contributed by atoms with Crippen molar-refractivity contribution in [2.45, 2.75) is 52.2 Å². The molecule has 102 valence electrons. The van der Waals surface area contributed by atoms with Crippen LogP contribution in [0.5, 0.6) is 0 Å². The topological polar surface area (TPSA) is 74.0 Å². The minimum atomic E-state index is -0.271. The Labute approximate surface area is 111 Å². The second-order valence-corrected chi connectivity index (χ2v) is 5.32. The molecule has 1 aromatic rings. The lowest BCUT2D eigenvalue weighted by Crippen LogP contribution is -2.45. The van der Waals surface area contributed by atoms with Gasteiger partial charge in [-0.25, -0.2) is 0 Å². The third-order valence-electron chi connectivity index (χ3n) is 2.67. The van der Waals surface area contributed by atoms with E-state index in [2.05, 4.69) is 22.5 Å². The van der Waals surface area contributed by atoms with Crippen molar-refractivity contribution in [3.63, 3.8) is 0 Å². The Bertz CT molecular complexity index is 427. The zero-order valence-electron chi connectivity index (χ0n) is 11.1. The second kappa shape index (κ2) is 7.33. The molecule has 18 heavy (non-hydrogen) atoms. The number of carbonyl (C=O) groups excluding carboxylic acids is 1. The number of rotatable bonds is 7. The summed E-state index contributed by atoms with van der Waals surface area (Å²) in [6, 6.07) is -0.0691. The SMILES string of the molecule is CCCC(C)NC(=O)C(C)NCc1csc(=O)[nH]1. The van der Waals surface area contributed by atoms with Crippen LogP contribution >= 0.6 is 11.3 Å². The Hall–Kier alpha value is -1.14. The highest BCUT2D eigenvalue weighted by Gasteiger charge is 2.14. The van der Waals surface area contributed by atoms with Crippen molar-refractivity contribution in [1.29, 1.82) is 0 Å². The van der Waals surface area contributed by atoms with Gasteiger partial charge < -0.3 is 15.6 Å². The van der Waals surface area contributed by atoms with Crippen molar-refractivity contribution in [2.24, 2.45) is 0 Å². The molecule has 5 nitrogen and oxygen atoms in total. The first-order valence-electron chi connectivity index (χ1n) is 6.23. The molecule has 2 atom stereocenters. The highest BCUT2D eigenvalue weighted by Crippen LogP contribution is 1.98. The van der Waals surface area contributed by atoms with Gasteiger partial charge in [-0.3, -0.25) is 9.59 Å². The van der Waals surface area contributed by atoms with Gasteiger partial charge in [0.05, 0.1) is 6.04 Å². The average molecular weight is 271 g/mol. The van der Waals surface area contributed by atoms with E-state index < -0.39 is 0 Å². The first-order chi connectivity index (χ1) is 8.52. The lowest BCUT2D eigenvalue weighted by atomic mass is 10.2. The quantitative estimate of drug-likeness (QED) is 0.698. The number of hydrogen-bond acceptors (Lipinski definition) is 4. The Morgan fingerprint density at radius 3 is 2.78 bits per heavy atom. The summed E-state index contributed by atoms with van der Waals surface area (Å²) in [7, 11) is 0. The number of thiazole rings is 1. The minimum absolute atomic E-state index is 0.00599. The summed E-state index contributed by atoms with van der Waals surface area (Å²) in [5, 5.41) is 7.80. The summed E-state index contributed by atoms with van der Waals surface area (Å²) < 4.78 is 0. The monoisotopic (exact) mass is 271 g/mol. The number of nitrogens with one attached hydrogen (secondary N) is 3. The predicted octanol–water partition coefficient (Wildman–Crippen LogP) is 1.22. The third-order valence-corrected chi connectivity index (χ3v) is 3.39. The Morgan fingerprint density at radius 1 is 1.50 bits per heavy atom. The smallest absolute Gasteiger partial charge is 0.304 e. The maximum atomic E-state index is 11.8. The van der Waals surface area contributed by atoms with Crippen molar-refractivity contribution in [3.05, 3.63) is 20.7 Å². The van der Waals surface area contributed by atoms with Gasteiger partial charge in [-0.1, -0.05) is 24.7 Å². The molecule has 6 heteroatoms. The molecule has 0 aliphatic heterocycles. The number of amides is 1. The number of H-pyrrole nitrogens is 1. The summed E-state index contributed by atoms with van der Waals surface area (Å²) in [5.41, 5.74) is 0.811. The second-order valence-electron chi connectivity index (χ2n) is 4.47. The molecular formula is C12H21N3O2S. The van der Waals surface area contributed by atoms with Gasteiger partial charge in [0.1, 0.15) is 0 Å². The van der Waals surface area contributed by atoms with Gasteiger partial charge in [-0.2, -0.15) is 0 Å². The summed E-state index contributed by atoms with van der Waals surface area (Å²) in [4.78, 5) is 25.4. The van der Waals surface area contributed by atoms with Crippen molar-refractivity contribution in [1.82, 2.24) is 15.6 Å². The lowest BCUT2D eigenvalue weighted by molar-refractivity contribution is -0.123. The molecule has 0 saturated heterocycles. The van der Waals surface area contributed by atoms with Crippen molar-refractivity contribution < 1.29 is 4.79 Å².